The third-order valence-corrected chi connectivity index (χ3v) is 3.26. The van der Waals surface area contributed by atoms with Crippen molar-refractivity contribution in [2.75, 3.05) is 13.2 Å². The highest BCUT2D eigenvalue weighted by molar-refractivity contribution is 5.16. The highest BCUT2D eigenvalue weighted by Gasteiger charge is 2.52. The van der Waals surface area contributed by atoms with Gasteiger partial charge in [-0.15, -0.1) is 6.58 Å². The molecule has 0 amide bonds. The zero-order chi connectivity index (χ0) is 14.8. The largest absolute Gasteiger partial charge is 0.375 e. The van der Waals surface area contributed by atoms with Crippen molar-refractivity contribution in [2.45, 2.75) is 57.1 Å². The summed E-state index contributed by atoms with van der Waals surface area (Å²) in [7, 11) is 0. The first kappa shape index (κ1) is 15.5. The molecule has 2 aliphatic heterocycles. The van der Waals surface area contributed by atoms with E-state index in [1.54, 1.807) is 13.0 Å². The molecule has 2 rings (SSSR count). The van der Waals surface area contributed by atoms with Crippen LogP contribution in [0, 0.1) is 11.8 Å². The van der Waals surface area contributed by atoms with Gasteiger partial charge in [-0.3, -0.25) is 0 Å². The van der Waals surface area contributed by atoms with Crippen molar-refractivity contribution in [3.63, 3.8) is 0 Å². The average molecular weight is 282 g/mol. The molecule has 0 aliphatic carbocycles. The van der Waals surface area contributed by atoms with Gasteiger partial charge in [0.2, 0.25) is 0 Å². The van der Waals surface area contributed by atoms with E-state index in [1.807, 2.05) is 13.8 Å². The lowest BCUT2D eigenvalue weighted by Gasteiger charge is -2.26. The molecule has 0 spiro atoms. The van der Waals surface area contributed by atoms with Gasteiger partial charge in [0.1, 0.15) is 24.4 Å². The van der Waals surface area contributed by atoms with Gasteiger partial charge in [-0.05, 0) is 20.8 Å². The molecule has 0 aromatic heterocycles. The van der Waals surface area contributed by atoms with Crippen LogP contribution in [0.5, 0.6) is 0 Å². The molecule has 0 saturated carbocycles. The van der Waals surface area contributed by atoms with E-state index >= 15 is 0 Å². The standard InChI is InChI=1S/C15H22O5/c1-5-8-17-9-6-7-15(4,16)12-10-11-13(18-12)20-14(2,3)19-11/h5,11-13,16H,1,8-10H2,2-4H3/t11-,12-,13-,15+/m1/s1. The molecule has 2 heterocycles. The first-order chi connectivity index (χ1) is 9.34. The monoisotopic (exact) mass is 282 g/mol. The minimum atomic E-state index is -1.25. The molecule has 2 aliphatic rings. The zero-order valence-electron chi connectivity index (χ0n) is 12.2. The molecule has 1 N–H and O–H groups in total. The number of fused-ring (bicyclic) bond motifs is 1. The third kappa shape index (κ3) is 3.60. The van der Waals surface area contributed by atoms with Gasteiger partial charge in [0, 0.05) is 6.42 Å². The smallest absolute Gasteiger partial charge is 0.187 e. The molecule has 0 bridgehead atoms. The second-order valence-corrected chi connectivity index (χ2v) is 5.66. The van der Waals surface area contributed by atoms with Crippen LogP contribution in [-0.4, -0.2) is 48.2 Å². The van der Waals surface area contributed by atoms with Gasteiger partial charge in [-0.2, -0.15) is 0 Å². The third-order valence-electron chi connectivity index (χ3n) is 3.26. The molecule has 5 nitrogen and oxygen atoms in total. The summed E-state index contributed by atoms with van der Waals surface area (Å²) in [5.74, 6) is 4.94. The van der Waals surface area contributed by atoms with Crippen LogP contribution in [0.25, 0.3) is 0 Å². The SMILES string of the molecule is C=CCOCC#C[C@](C)(O)[C@H]1C[C@H]2OC(C)(C)O[C@H]2O1. The van der Waals surface area contributed by atoms with Crippen molar-refractivity contribution >= 4 is 0 Å². The predicted molar refractivity (Wildman–Crippen MR) is 72.7 cm³/mol. The molecule has 0 aromatic carbocycles. The highest BCUT2D eigenvalue weighted by atomic mass is 16.8. The fourth-order valence-corrected chi connectivity index (χ4v) is 2.36. The summed E-state index contributed by atoms with van der Waals surface area (Å²) in [6, 6.07) is 0. The average Bonchev–Trinajstić information content (AvgIpc) is 2.82. The van der Waals surface area contributed by atoms with Crippen LogP contribution in [0.1, 0.15) is 27.2 Å². The summed E-state index contributed by atoms with van der Waals surface area (Å²) in [5, 5.41) is 10.4. The summed E-state index contributed by atoms with van der Waals surface area (Å²) in [5.41, 5.74) is -1.25. The Bertz CT molecular complexity index is 402. The van der Waals surface area contributed by atoms with Crippen molar-refractivity contribution in [1.82, 2.24) is 0 Å². The quantitative estimate of drug-likeness (QED) is 0.477. The van der Waals surface area contributed by atoms with Gasteiger partial charge < -0.3 is 24.1 Å². The summed E-state index contributed by atoms with van der Waals surface area (Å²) >= 11 is 0. The van der Waals surface area contributed by atoms with E-state index < -0.39 is 23.8 Å². The van der Waals surface area contributed by atoms with E-state index in [-0.39, 0.29) is 12.7 Å². The first-order valence-corrected chi connectivity index (χ1v) is 6.76. The van der Waals surface area contributed by atoms with E-state index in [9.17, 15) is 5.11 Å². The second-order valence-electron chi connectivity index (χ2n) is 5.66. The number of rotatable bonds is 4. The van der Waals surface area contributed by atoms with Crippen LogP contribution in [-0.2, 0) is 18.9 Å². The maximum atomic E-state index is 10.4. The lowest BCUT2D eigenvalue weighted by Crippen LogP contribution is -2.39. The van der Waals surface area contributed by atoms with Crippen molar-refractivity contribution < 1.29 is 24.1 Å². The van der Waals surface area contributed by atoms with Gasteiger partial charge in [-0.1, -0.05) is 17.9 Å². The molecule has 0 unspecified atom stereocenters. The normalized spacial score (nSPS) is 33.9. The molecule has 0 radical (unpaired) electrons. The Morgan fingerprint density at radius 1 is 1.50 bits per heavy atom. The highest BCUT2D eigenvalue weighted by Crippen LogP contribution is 2.39. The van der Waals surface area contributed by atoms with Crippen LogP contribution in [0.15, 0.2) is 12.7 Å². The molecular formula is C15H22O5. The summed E-state index contributed by atoms with van der Waals surface area (Å²) in [6.45, 7) is 9.56. The number of hydrogen-bond acceptors (Lipinski definition) is 5. The van der Waals surface area contributed by atoms with Crippen molar-refractivity contribution in [2.24, 2.45) is 0 Å². The van der Waals surface area contributed by atoms with E-state index in [0.29, 0.717) is 13.0 Å². The number of aliphatic hydroxyl groups is 1. The molecule has 2 fully saturated rings. The van der Waals surface area contributed by atoms with E-state index in [2.05, 4.69) is 18.4 Å². The maximum Gasteiger partial charge on any atom is 0.187 e. The molecule has 112 valence electrons. The summed E-state index contributed by atoms with van der Waals surface area (Å²) in [4.78, 5) is 0. The van der Waals surface area contributed by atoms with Gasteiger partial charge in [0.15, 0.2) is 12.1 Å². The van der Waals surface area contributed by atoms with E-state index in [1.165, 1.54) is 0 Å². The number of hydrogen-bond donors (Lipinski definition) is 1. The Kier molecular flexibility index (Phi) is 4.52. The van der Waals surface area contributed by atoms with Crippen LogP contribution >= 0.6 is 0 Å². The Balaban J connectivity index is 1.88. The molecular weight excluding hydrogens is 260 g/mol. The fourth-order valence-electron chi connectivity index (χ4n) is 2.36. The molecule has 2 saturated heterocycles. The van der Waals surface area contributed by atoms with Crippen LogP contribution in [0.4, 0.5) is 0 Å². The number of ether oxygens (including phenoxy) is 4. The van der Waals surface area contributed by atoms with Crippen LogP contribution in [0.3, 0.4) is 0 Å². The van der Waals surface area contributed by atoms with Gasteiger partial charge in [0.05, 0.1) is 6.61 Å². The molecule has 0 aromatic rings. The van der Waals surface area contributed by atoms with Gasteiger partial charge >= 0.3 is 0 Å². The van der Waals surface area contributed by atoms with Gasteiger partial charge in [-0.25, -0.2) is 0 Å². The van der Waals surface area contributed by atoms with E-state index in [4.69, 9.17) is 18.9 Å². The molecule has 4 atom stereocenters. The minimum Gasteiger partial charge on any atom is -0.375 e. The van der Waals surface area contributed by atoms with Crippen molar-refractivity contribution in [1.29, 1.82) is 0 Å². The maximum absolute atomic E-state index is 10.4. The topological polar surface area (TPSA) is 57.2 Å². The molecule has 20 heavy (non-hydrogen) atoms. The van der Waals surface area contributed by atoms with Gasteiger partial charge in [0.25, 0.3) is 0 Å². The van der Waals surface area contributed by atoms with Crippen LogP contribution < -0.4 is 0 Å². The Morgan fingerprint density at radius 2 is 2.25 bits per heavy atom. The lowest BCUT2D eigenvalue weighted by atomic mass is 9.97. The Morgan fingerprint density at radius 3 is 2.90 bits per heavy atom. The zero-order valence-corrected chi connectivity index (χ0v) is 12.2. The lowest BCUT2D eigenvalue weighted by molar-refractivity contribution is -0.218. The molecule has 5 heteroatoms. The van der Waals surface area contributed by atoms with Crippen molar-refractivity contribution in [3.05, 3.63) is 12.7 Å². The van der Waals surface area contributed by atoms with Crippen molar-refractivity contribution in [3.8, 4) is 11.8 Å². The minimum absolute atomic E-state index is 0.153. The summed E-state index contributed by atoms with van der Waals surface area (Å²) in [6.07, 6.45) is 1.20. The summed E-state index contributed by atoms with van der Waals surface area (Å²) < 4.78 is 22.2. The second kappa shape index (κ2) is 5.84. The fraction of sp³-hybridized carbons (Fsp3) is 0.733. The predicted octanol–water partition coefficient (Wildman–Crippen LogP) is 1.21. The van der Waals surface area contributed by atoms with Crippen LogP contribution in [0.2, 0.25) is 0 Å². The first-order valence-electron chi connectivity index (χ1n) is 6.76. The van der Waals surface area contributed by atoms with E-state index in [0.717, 1.165) is 0 Å². The Hall–Kier alpha value is -0.900. The Labute approximate surface area is 119 Å².